The van der Waals surface area contributed by atoms with Gasteiger partial charge in [0.1, 0.15) is 0 Å². The van der Waals surface area contributed by atoms with Crippen LogP contribution in [-0.2, 0) is 6.42 Å². The average molecular weight is 289 g/mol. The van der Waals surface area contributed by atoms with Gasteiger partial charge in [-0.1, -0.05) is 35.9 Å². The van der Waals surface area contributed by atoms with Gasteiger partial charge in [-0.15, -0.1) is 0 Å². The van der Waals surface area contributed by atoms with Crippen LogP contribution in [0.15, 0.2) is 42.5 Å². The van der Waals surface area contributed by atoms with E-state index in [1.165, 1.54) is 0 Å². The SMILES string of the molecule is Cc1ccc(NC(=O)c2ccccc2CCN)c(Cl)c1. The first kappa shape index (κ1) is 14.6. The summed E-state index contributed by atoms with van der Waals surface area (Å²) in [6.45, 7) is 2.46. The molecule has 4 heteroatoms. The molecule has 0 aliphatic rings. The second kappa shape index (κ2) is 6.55. The maximum absolute atomic E-state index is 12.3. The third-order valence-corrected chi connectivity index (χ3v) is 3.36. The molecule has 0 unspecified atom stereocenters. The van der Waals surface area contributed by atoms with Crippen molar-refractivity contribution in [2.45, 2.75) is 13.3 Å². The fraction of sp³-hybridized carbons (Fsp3) is 0.188. The Morgan fingerprint density at radius 2 is 2.00 bits per heavy atom. The summed E-state index contributed by atoms with van der Waals surface area (Å²) in [4.78, 5) is 12.3. The van der Waals surface area contributed by atoms with E-state index in [2.05, 4.69) is 5.32 Å². The molecule has 0 heterocycles. The van der Waals surface area contributed by atoms with Gasteiger partial charge in [-0.05, 0) is 49.2 Å². The van der Waals surface area contributed by atoms with Crippen LogP contribution in [0.25, 0.3) is 0 Å². The van der Waals surface area contributed by atoms with Gasteiger partial charge in [-0.25, -0.2) is 0 Å². The number of hydrogen-bond acceptors (Lipinski definition) is 2. The highest BCUT2D eigenvalue weighted by Crippen LogP contribution is 2.23. The van der Waals surface area contributed by atoms with E-state index in [1.807, 2.05) is 37.3 Å². The van der Waals surface area contributed by atoms with Gasteiger partial charge in [0.05, 0.1) is 10.7 Å². The minimum Gasteiger partial charge on any atom is -0.330 e. The zero-order valence-corrected chi connectivity index (χ0v) is 12.1. The lowest BCUT2D eigenvalue weighted by Crippen LogP contribution is -2.16. The van der Waals surface area contributed by atoms with Crippen LogP contribution in [0.1, 0.15) is 21.5 Å². The van der Waals surface area contributed by atoms with Crippen LogP contribution in [0.5, 0.6) is 0 Å². The quantitative estimate of drug-likeness (QED) is 0.906. The van der Waals surface area contributed by atoms with Crippen molar-refractivity contribution in [3.63, 3.8) is 0 Å². The van der Waals surface area contributed by atoms with Gasteiger partial charge in [-0.2, -0.15) is 0 Å². The molecule has 20 heavy (non-hydrogen) atoms. The Morgan fingerprint density at radius 3 is 2.70 bits per heavy atom. The lowest BCUT2D eigenvalue weighted by Gasteiger charge is -2.11. The Kier molecular flexibility index (Phi) is 4.77. The summed E-state index contributed by atoms with van der Waals surface area (Å²) < 4.78 is 0. The fourth-order valence-corrected chi connectivity index (χ4v) is 2.31. The predicted octanol–water partition coefficient (Wildman–Crippen LogP) is 3.40. The third kappa shape index (κ3) is 3.38. The molecule has 2 rings (SSSR count). The summed E-state index contributed by atoms with van der Waals surface area (Å²) in [5, 5.41) is 3.38. The topological polar surface area (TPSA) is 55.1 Å². The summed E-state index contributed by atoms with van der Waals surface area (Å²) >= 11 is 6.13. The summed E-state index contributed by atoms with van der Waals surface area (Å²) in [6, 6.07) is 13.0. The van der Waals surface area contributed by atoms with Crippen molar-refractivity contribution < 1.29 is 4.79 Å². The third-order valence-electron chi connectivity index (χ3n) is 3.05. The van der Waals surface area contributed by atoms with Crippen molar-refractivity contribution >= 4 is 23.2 Å². The van der Waals surface area contributed by atoms with E-state index < -0.39 is 0 Å². The van der Waals surface area contributed by atoms with Crippen molar-refractivity contribution in [2.75, 3.05) is 11.9 Å². The number of anilines is 1. The Labute approximate surface area is 123 Å². The first-order chi connectivity index (χ1) is 9.61. The number of rotatable bonds is 4. The van der Waals surface area contributed by atoms with Crippen molar-refractivity contribution in [1.29, 1.82) is 0 Å². The molecule has 0 bridgehead atoms. The first-order valence-electron chi connectivity index (χ1n) is 6.47. The van der Waals surface area contributed by atoms with Gasteiger partial charge < -0.3 is 11.1 Å². The van der Waals surface area contributed by atoms with Gasteiger partial charge in [0.25, 0.3) is 5.91 Å². The number of nitrogens with two attached hydrogens (primary N) is 1. The monoisotopic (exact) mass is 288 g/mol. The van der Waals surface area contributed by atoms with Crippen LogP contribution in [0.4, 0.5) is 5.69 Å². The maximum Gasteiger partial charge on any atom is 0.255 e. The van der Waals surface area contributed by atoms with Gasteiger partial charge >= 0.3 is 0 Å². The smallest absolute Gasteiger partial charge is 0.255 e. The molecule has 104 valence electrons. The molecule has 0 atom stereocenters. The normalized spacial score (nSPS) is 10.3. The van der Waals surface area contributed by atoms with Crippen molar-refractivity contribution in [1.82, 2.24) is 0 Å². The Bertz CT molecular complexity index is 626. The lowest BCUT2D eigenvalue weighted by atomic mass is 10.0. The van der Waals surface area contributed by atoms with E-state index in [0.717, 1.165) is 11.1 Å². The molecule has 0 radical (unpaired) electrons. The fourth-order valence-electron chi connectivity index (χ4n) is 2.03. The van der Waals surface area contributed by atoms with E-state index >= 15 is 0 Å². The predicted molar refractivity (Wildman–Crippen MR) is 83.3 cm³/mol. The molecule has 0 aliphatic heterocycles. The van der Waals surface area contributed by atoms with Crippen LogP contribution >= 0.6 is 11.6 Å². The first-order valence-corrected chi connectivity index (χ1v) is 6.85. The number of nitrogens with one attached hydrogen (secondary N) is 1. The van der Waals surface area contributed by atoms with E-state index in [1.54, 1.807) is 12.1 Å². The Morgan fingerprint density at radius 1 is 1.25 bits per heavy atom. The highest BCUT2D eigenvalue weighted by Gasteiger charge is 2.12. The number of amides is 1. The van der Waals surface area contributed by atoms with E-state index in [-0.39, 0.29) is 5.91 Å². The second-order valence-electron chi connectivity index (χ2n) is 4.63. The lowest BCUT2D eigenvalue weighted by molar-refractivity contribution is 0.102. The minimum absolute atomic E-state index is 0.167. The maximum atomic E-state index is 12.3. The molecule has 0 spiro atoms. The van der Waals surface area contributed by atoms with Gasteiger partial charge in [0.2, 0.25) is 0 Å². The number of aryl methyl sites for hydroxylation is 1. The van der Waals surface area contributed by atoms with Gasteiger partial charge in [0, 0.05) is 5.56 Å². The van der Waals surface area contributed by atoms with E-state index in [9.17, 15) is 4.79 Å². The van der Waals surface area contributed by atoms with Gasteiger partial charge in [0.15, 0.2) is 0 Å². The van der Waals surface area contributed by atoms with Crippen LogP contribution in [0.2, 0.25) is 5.02 Å². The molecule has 2 aromatic rings. The molecule has 0 saturated heterocycles. The average Bonchev–Trinajstić information content (AvgIpc) is 2.43. The van der Waals surface area contributed by atoms with Crippen LogP contribution < -0.4 is 11.1 Å². The van der Waals surface area contributed by atoms with Crippen molar-refractivity contribution in [2.24, 2.45) is 5.73 Å². The zero-order chi connectivity index (χ0) is 14.5. The molecule has 0 aromatic heterocycles. The summed E-state index contributed by atoms with van der Waals surface area (Å²) in [7, 11) is 0. The van der Waals surface area contributed by atoms with Crippen molar-refractivity contribution in [3.05, 3.63) is 64.2 Å². The Hall–Kier alpha value is -1.84. The largest absolute Gasteiger partial charge is 0.330 e. The number of hydrogen-bond donors (Lipinski definition) is 2. The molecule has 0 aliphatic carbocycles. The molecule has 0 saturated carbocycles. The number of carbonyl (C=O) groups is 1. The molecular weight excluding hydrogens is 272 g/mol. The van der Waals surface area contributed by atoms with Crippen molar-refractivity contribution in [3.8, 4) is 0 Å². The van der Waals surface area contributed by atoms with E-state index in [4.69, 9.17) is 17.3 Å². The van der Waals surface area contributed by atoms with E-state index in [0.29, 0.717) is 29.2 Å². The molecule has 3 N–H and O–H groups in total. The summed E-state index contributed by atoms with van der Waals surface area (Å²) in [6.07, 6.45) is 0.672. The number of carbonyl (C=O) groups excluding carboxylic acids is 1. The molecule has 1 amide bonds. The van der Waals surface area contributed by atoms with Crippen LogP contribution in [0, 0.1) is 6.92 Å². The number of halogens is 1. The number of benzene rings is 2. The zero-order valence-electron chi connectivity index (χ0n) is 11.3. The highest BCUT2D eigenvalue weighted by molar-refractivity contribution is 6.34. The van der Waals surface area contributed by atoms with Crippen LogP contribution in [0.3, 0.4) is 0 Å². The molecule has 0 fully saturated rings. The highest BCUT2D eigenvalue weighted by atomic mass is 35.5. The minimum atomic E-state index is -0.167. The second-order valence-corrected chi connectivity index (χ2v) is 5.04. The molecule has 2 aromatic carbocycles. The summed E-state index contributed by atoms with van der Waals surface area (Å²) in [5.41, 5.74) is 8.81. The van der Waals surface area contributed by atoms with Crippen LogP contribution in [-0.4, -0.2) is 12.5 Å². The van der Waals surface area contributed by atoms with Gasteiger partial charge in [-0.3, -0.25) is 4.79 Å². The summed E-state index contributed by atoms with van der Waals surface area (Å²) in [5.74, 6) is -0.167. The standard InChI is InChI=1S/C16H17ClN2O/c1-11-6-7-15(14(17)10-11)19-16(20)13-5-3-2-4-12(13)8-9-18/h2-7,10H,8-9,18H2,1H3,(H,19,20). The molecular formula is C16H17ClN2O. The Balaban J connectivity index is 2.24. The molecule has 3 nitrogen and oxygen atoms in total.